The Kier molecular flexibility index (Phi) is 7.08. The predicted molar refractivity (Wildman–Crippen MR) is 87.2 cm³/mol. The fourth-order valence-corrected chi connectivity index (χ4v) is 1.79. The highest BCUT2D eigenvalue weighted by Crippen LogP contribution is 2.18. The van der Waals surface area contributed by atoms with Crippen LogP contribution in [0.25, 0.3) is 0 Å². The van der Waals surface area contributed by atoms with Crippen molar-refractivity contribution in [2.24, 2.45) is 11.3 Å². The summed E-state index contributed by atoms with van der Waals surface area (Å²) in [5.74, 6) is 1.67. The summed E-state index contributed by atoms with van der Waals surface area (Å²) in [6, 6.07) is 8.44. The Balaban J connectivity index is 2.31. The molecule has 0 fully saturated rings. The Morgan fingerprint density at radius 3 is 2.35 bits per heavy atom. The summed E-state index contributed by atoms with van der Waals surface area (Å²) in [6.07, 6.45) is 2.30. The molecule has 0 aliphatic heterocycles. The summed E-state index contributed by atoms with van der Waals surface area (Å²) in [7, 11) is 0. The van der Waals surface area contributed by atoms with Crippen molar-refractivity contribution in [1.29, 1.82) is 0 Å². The Morgan fingerprint density at radius 2 is 1.80 bits per heavy atom. The van der Waals surface area contributed by atoms with Crippen molar-refractivity contribution in [3.8, 4) is 5.75 Å². The number of hydrogen-bond donors (Lipinski definition) is 1. The van der Waals surface area contributed by atoms with Crippen LogP contribution >= 0.6 is 0 Å². The molecule has 1 aromatic carbocycles. The molecule has 0 atom stereocenters. The SMILES string of the molecule is CCC(C)(C)CNCc1ccc(OCCC(C)C)cc1. The number of hydrogen-bond acceptors (Lipinski definition) is 2. The van der Waals surface area contributed by atoms with Gasteiger partial charge in [0.05, 0.1) is 6.61 Å². The predicted octanol–water partition coefficient (Wildman–Crippen LogP) is 4.64. The van der Waals surface area contributed by atoms with E-state index in [0.29, 0.717) is 11.3 Å². The maximum absolute atomic E-state index is 5.73. The molecular formula is C18H31NO. The molecule has 0 spiro atoms. The average molecular weight is 277 g/mol. The molecule has 0 bridgehead atoms. The maximum atomic E-state index is 5.73. The summed E-state index contributed by atoms with van der Waals surface area (Å²) in [5.41, 5.74) is 1.69. The molecule has 0 radical (unpaired) electrons. The fourth-order valence-electron chi connectivity index (χ4n) is 1.79. The molecule has 0 amide bonds. The molecule has 1 rings (SSSR count). The van der Waals surface area contributed by atoms with E-state index < -0.39 is 0 Å². The van der Waals surface area contributed by atoms with Crippen molar-refractivity contribution in [2.45, 2.75) is 54.0 Å². The molecule has 0 unspecified atom stereocenters. The van der Waals surface area contributed by atoms with Crippen molar-refractivity contribution in [3.63, 3.8) is 0 Å². The first kappa shape index (κ1) is 17.0. The second-order valence-corrected chi connectivity index (χ2v) is 6.80. The van der Waals surface area contributed by atoms with Gasteiger partial charge in [-0.05, 0) is 41.9 Å². The van der Waals surface area contributed by atoms with Crippen molar-refractivity contribution in [1.82, 2.24) is 5.32 Å². The van der Waals surface area contributed by atoms with Gasteiger partial charge in [-0.1, -0.05) is 46.8 Å². The highest BCUT2D eigenvalue weighted by Gasteiger charge is 2.13. The molecule has 0 saturated carbocycles. The Labute approximate surface area is 124 Å². The molecule has 0 aromatic heterocycles. The topological polar surface area (TPSA) is 21.3 Å². The zero-order chi connectivity index (χ0) is 15.0. The minimum Gasteiger partial charge on any atom is -0.494 e. The lowest BCUT2D eigenvalue weighted by Gasteiger charge is -2.23. The zero-order valence-corrected chi connectivity index (χ0v) is 13.8. The molecule has 2 heteroatoms. The van der Waals surface area contributed by atoms with Gasteiger partial charge in [0.1, 0.15) is 5.75 Å². The van der Waals surface area contributed by atoms with Gasteiger partial charge in [0.25, 0.3) is 0 Å². The van der Waals surface area contributed by atoms with Gasteiger partial charge in [-0.3, -0.25) is 0 Å². The van der Waals surface area contributed by atoms with Crippen LogP contribution in [0.1, 0.15) is 53.0 Å². The highest BCUT2D eigenvalue weighted by molar-refractivity contribution is 5.27. The summed E-state index contributed by atoms with van der Waals surface area (Å²) < 4.78 is 5.73. The third kappa shape index (κ3) is 6.95. The number of nitrogens with one attached hydrogen (secondary N) is 1. The van der Waals surface area contributed by atoms with Gasteiger partial charge in [0.15, 0.2) is 0 Å². The maximum Gasteiger partial charge on any atom is 0.119 e. The van der Waals surface area contributed by atoms with E-state index in [1.807, 2.05) is 0 Å². The van der Waals surface area contributed by atoms with Gasteiger partial charge < -0.3 is 10.1 Å². The van der Waals surface area contributed by atoms with Crippen LogP contribution in [0.5, 0.6) is 5.75 Å². The summed E-state index contributed by atoms with van der Waals surface area (Å²) in [4.78, 5) is 0. The molecule has 20 heavy (non-hydrogen) atoms. The first-order valence-corrected chi connectivity index (χ1v) is 7.85. The summed E-state index contributed by atoms with van der Waals surface area (Å²) in [5, 5.41) is 3.53. The van der Waals surface area contributed by atoms with Crippen molar-refractivity contribution in [2.75, 3.05) is 13.2 Å². The highest BCUT2D eigenvalue weighted by atomic mass is 16.5. The van der Waals surface area contributed by atoms with E-state index in [1.165, 1.54) is 12.0 Å². The number of benzene rings is 1. The number of rotatable bonds is 9. The van der Waals surface area contributed by atoms with E-state index in [4.69, 9.17) is 4.74 Å². The van der Waals surface area contributed by atoms with Crippen LogP contribution in [-0.4, -0.2) is 13.2 Å². The molecule has 0 aliphatic carbocycles. The monoisotopic (exact) mass is 277 g/mol. The van der Waals surface area contributed by atoms with Crippen molar-refractivity contribution >= 4 is 0 Å². The van der Waals surface area contributed by atoms with Gasteiger partial charge >= 0.3 is 0 Å². The minimum atomic E-state index is 0.375. The van der Waals surface area contributed by atoms with Crippen molar-refractivity contribution in [3.05, 3.63) is 29.8 Å². The van der Waals surface area contributed by atoms with Gasteiger partial charge in [-0.25, -0.2) is 0 Å². The Hall–Kier alpha value is -1.02. The van der Waals surface area contributed by atoms with Gasteiger partial charge in [-0.15, -0.1) is 0 Å². The third-order valence-electron chi connectivity index (χ3n) is 3.78. The van der Waals surface area contributed by atoms with E-state index in [1.54, 1.807) is 0 Å². The van der Waals surface area contributed by atoms with Crippen LogP contribution < -0.4 is 10.1 Å². The summed E-state index contributed by atoms with van der Waals surface area (Å²) >= 11 is 0. The smallest absolute Gasteiger partial charge is 0.119 e. The van der Waals surface area contributed by atoms with E-state index in [9.17, 15) is 0 Å². The van der Waals surface area contributed by atoms with Crippen LogP contribution in [0.3, 0.4) is 0 Å². The van der Waals surface area contributed by atoms with Gasteiger partial charge in [0, 0.05) is 13.1 Å². The second-order valence-electron chi connectivity index (χ2n) is 6.80. The standard InChI is InChI=1S/C18H31NO/c1-6-18(4,5)14-19-13-16-7-9-17(10-8-16)20-12-11-15(2)3/h7-10,15,19H,6,11-14H2,1-5H3. The zero-order valence-electron chi connectivity index (χ0n) is 13.8. The Morgan fingerprint density at radius 1 is 1.15 bits per heavy atom. The summed E-state index contributed by atoms with van der Waals surface area (Å²) in [6.45, 7) is 14.1. The van der Waals surface area contributed by atoms with Crippen LogP contribution in [0.4, 0.5) is 0 Å². The fraction of sp³-hybridized carbons (Fsp3) is 0.667. The van der Waals surface area contributed by atoms with Crippen LogP contribution in [0.15, 0.2) is 24.3 Å². The molecular weight excluding hydrogens is 246 g/mol. The molecule has 114 valence electrons. The lowest BCUT2D eigenvalue weighted by atomic mass is 9.90. The largest absolute Gasteiger partial charge is 0.494 e. The minimum absolute atomic E-state index is 0.375. The third-order valence-corrected chi connectivity index (χ3v) is 3.78. The normalized spacial score (nSPS) is 11.9. The van der Waals surface area contributed by atoms with E-state index in [2.05, 4.69) is 64.2 Å². The first-order valence-electron chi connectivity index (χ1n) is 7.85. The molecule has 0 heterocycles. The Bertz CT molecular complexity index is 368. The molecule has 2 nitrogen and oxygen atoms in total. The molecule has 1 N–H and O–H groups in total. The quantitative estimate of drug-likeness (QED) is 0.710. The van der Waals surface area contributed by atoms with E-state index in [0.717, 1.165) is 31.9 Å². The second kappa shape index (κ2) is 8.31. The van der Waals surface area contributed by atoms with Gasteiger partial charge in [0.2, 0.25) is 0 Å². The lowest BCUT2D eigenvalue weighted by Crippen LogP contribution is -2.28. The van der Waals surface area contributed by atoms with Crippen LogP contribution in [0.2, 0.25) is 0 Å². The van der Waals surface area contributed by atoms with E-state index in [-0.39, 0.29) is 0 Å². The molecule has 0 aliphatic rings. The van der Waals surface area contributed by atoms with Crippen molar-refractivity contribution < 1.29 is 4.74 Å². The first-order chi connectivity index (χ1) is 9.43. The van der Waals surface area contributed by atoms with Gasteiger partial charge in [-0.2, -0.15) is 0 Å². The lowest BCUT2D eigenvalue weighted by molar-refractivity contribution is 0.289. The average Bonchev–Trinajstić information content (AvgIpc) is 2.40. The molecule has 1 aromatic rings. The number of ether oxygens (including phenoxy) is 1. The van der Waals surface area contributed by atoms with Crippen LogP contribution in [-0.2, 0) is 6.54 Å². The van der Waals surface area contributed by atoms with E-state index >= 15 is 0 Å². The van der Waals surface area contributed by atoms with Crippen LogP contribution in [0, 0.1) is 11.3 Å². The molecule has 0 saturated heterocycles.